The quantitative estimate of drug-likeness (QED) is 0.557. The van der Waals surface area contributed by atoms with E-state index in [9.17, 15) is 52.7 Å². The molecule has 0 aromatic carbocycles. The summed E-state index contributed by atoms with van der Waals surface area (Å²) in [5.41, 5.74) is -10.7. The van der Waals surface area contributed by atoms with E-state index in [1.807, 2.05) is 0 Å². The van der Waals surface area contributed by atoms with Crippen molar-refractivity contribution >= 4 is 17.8 Å². The second-order valence-corrected chi connectivity index (χ2v) is 5.00. The molecule has 0 bridgehead atoms. The lowest BCUT2D eigenvalue weighted by molar-refractivity contribution is -0.393. The Labute approximate surface area is 135 Å². The predicted octanol–water partition coefficient (Wildman–Crippen LogP) is 3.80. The first-order chi connectivity index (χ1) is 10.9. The number of nitrogens with one attached hydrogen (secondary N) is 1. The van der Waals surface area contributed by atoms with Gasteiger partial charge in [-0.15, -0.1) is 11.6 Å². The van der Waals surface area contributed by atoms with E-state index >= 15 is 0 Å². The Hall–Kier alpha value is -0.960. The molecule has 0 atom stereocenters. The van der Waals surface area contributed by atoms with E-state index < -0.39 is 59.6 Å². The molecule has 0 saturated heterocycles. The van der Waals surface area contributed by atoms with Crippen molar-refractivity contribution in [3.8, 4) is 0 Å². The first-order valence-electron chi connectivity index (χ1n) is 5.83. The van der Waals surface area contributed by atoms with Crippen molar-refractivity contribution in [3.05, 3.63) is 0 Å². The molecule has 0 spiro atoms. The maximum Gasteiger partial charge on any atom is 0.437 e. The molecule has 1 rings (SSSR count). The van der Waals surface area contributed by atoms with Crippen molar-refractivity contribution in [2.75, 3.05) is 12.4 Å². The molecule has 1 N–H and O–H groups in total. The van der Waals surface area contributed by atoms with Crippen LogP contribution in [0.4, 0.5) is 52.7 Å². The minimum absolute atomic E-state index is 0.836. The summed E-state index contributed by atoms with van der Waals surface area (Å²) in [6, 6.07) is 0. The average molecular weight is 420 g/mol. The molecule has 3 nitrogen and oxygen atoms in total. The number of halogens is 13. The molecular weight excluding hydrogens is 414 g/mol. The molecule has 25 heavy (non-hydrogen) atoms. The number of hydrazine groups is 1. The van der Waals surface area contributed by atoms with E-state index in [2.05, 4.69) is 0 Å². The van der Waals surface area contributed by atoms with Crippen LogP contribution in [0.3, 0.4) is 0 Å². The number of hydrogen-bond acceptors (Lipinski definition) is 3. The summed E-state index contributed by atoms with van der Waals surface area (Å²) in [5.74, 6) is -0.895. The highest BCUT2D eigenvalue weighted by atomic mass is 35.5. The minimum Gasteiger partial charge on any atom is -0.254 e. The SMILES string of the molecule is FC(F)(F)C1(C(F)(F)F)C=NC(C(F)(F)F)(C(F)(F)F)N1NCCCl. The van der Waals surface area contributed by atoms with Crippen LogP contribution >= 0.6 is 11.6 Å². The van der Waals surface area contributed by atoms with Gasteiger partial charge in [0.25, 0.3) is 5.54 Å². The fourth-order valence-electron chi connectivity index (χ4n) is 2.07. The highest BCUT2D eigenvalue weighted by Gasteiger charge is 2.88. The summed E-state index contributed by atoms with van der Waals surface area (Å²) in [5, 5.41) is -2.03. The minimum atomic E-state index is -6.68. The van der Waals surface area contributed by atoms with Gasteiger partial charge in [-0.25, -0.2) is 5.43 Å². The van der Waals surface area contributed by atoms with Crippen LogP contribution in [0.2, 0.25) is 0 Å². The van der Waals surface area contributed by atoms with Crippen molar-refractivity contribution < 1.29 is 52.7 Å². The zero-order valence-electron chi connectivity index (χ0n) is 11.3. The number of aliphatic imine (C=N–C) groups is 1. The van der Waals surface area contributed by atoms with E-state index in [-0.39, 0.29) is 0 Å². The smallest absolute Gasteiger partial charge is 0.254 e. The molecule has 0 aliphatic carbocycles. The van der Waals surface area contributed by atoms with Gasteiger partial charge in [0, 0.05) is 18.6 Å². The largest absolute Gasteiger partial charge is 0.437 e. The number of rotatable bonds is 3. The topological polar surface area (TPSA) is 27.6 Å². The standard InChI is InChI=1S/C9H6ClF12N3/c10-1-2-24-25-4(6(11,12)13,7(14,15)16)3-23-5(25,8(17,18)19)9(20,21)22/h3,24H,1-2H2. The number of hydrogen-bond donors (Lipinski definition) is 1. The van der Waals surface area contributed by atoms with Crippen LogP contribution in [0.1, 0.15) is 0 Å². The molecule has 0 unspecified atom stereocenters. The predicted molar refractivity (Wildman–Crippen MR) is 58.7 cm³/mol. The second-order valence-electron chi connectivity index (χ2n) is 4.62. The molecule has 0 saturated carbocycles. The van der Waals surface area contributed by atoms with Crippen LogP contribution in [0.25, 0.3) is 0 Å². The highest BCUT2D eigenvalue weighted by Crippen LogP contribution is 2.58. The zero-order valence-corrected chi connectivity index (χ0v) is 12.1. The van der Waals surface area contributed by atoms with E-state index in [1.165, 1.54) is 0 Å². The Balaban J connectivity index is 3.84. The summed E-state index contributed by atoms with van der Waals surface area (Å²) in [6.07, 6.45) is -28.1. The lowest BCUT2D eigenvalue weighted by Crippen LogP contribution is -2.79. The third kappa shape index (κ3) is 3.03. The molecule has 0 aromatic rings. The van der Waals surface area contributed by atoms with Crippen LogP contribution in [-0.2, 0) is 0 Å². The maximum atomic E-state index is 13.0. The summed E-state index contributed by atoms with van der Waals surface area (Å²) in [4.78, 5) is 1.64. The van der Waals surface area contributed by atoms with Gasteiger partial charge >= 0.3 is 30.4 Å². The van der Waals surface area contributed by atoms with Gasteiger partial charge in [0.05, 0.1) is 0 Å². The van der Waals surface area contributed by atoms with Gasteiger partial charge in [-0.05, 0) is 0 Å². The molecule has 0 fully saturated rings. The van der Waals surface area contributed by atoms with Crippen LogP contribution in [0.5, 0.6) is 0 Å². The normalized spacial score (nSPS) is 21.8. The first-order valence-corrected chi connectivity index (χ1v) is 6.36. The Kier molecular flexibility index (Phi) is 5.34. The van der Waals surface area contributed by atoms with Crippen LogP contribution < -0.4 is 5.43 Å². The van der Waals surface area contributed by atoms with Gasteiger partial charge in [0.1, 0.15) is 0 Å². The molecular formula is C9H6ClF12N3. The van der Waals surface area contributed by atoms with Gasteiger partial charge in [-0.2, -0.15) is 57.7 Å². The van der Waals surface area contributed by atoms with Crippen molar-refractivity contribution in [1.82, 2.24) is 10.4 Å². The summed E-state index contributed by atoms with van der Waals surface area (Å²) in [7, 11) is 0. The van der Waals surface area contributed by atoms with Crippen LogP contribution in [-0.4, -0.2) is 59.6 Å². The molecule has 1 aliphatic rings. The van der Waals surface area contributed by atoms with Crippen molar-refractivity contribution in [2.24, 2.45) is 4.99 Å². The zero-order chi connectivity index (χ0) is 20.1. The second kappa shape index (κ2) is 6.04. The summed E-state index contributed by atoms with van der Waals surface area (Å²) >= 11 is 4.97. The monoisotopic (exact) mass is 419 g/mol. The molecule has 1 aliphatic heterocycles. The lowest BCUT2D eigenvalue weighted by Gasteiger charge is -2.46. The first kappa shape index (κ1) is 22.1. The van der Waals surface area contributed by atoms with Gasteiger partial charge < -0.3 is 0 Å². The molecule has 0 radical (unpaired) electrons. The maximum absolute atomic E-state index is 13.0. The van der Waals surface area contributed by atoms with Crippen LogP contribution in [0, 0.1) is 0 Å². The summed E-state index contributed by atoms with van der Waals surface area (Å²) in [6.45, 7) is -1.27. The Bertz CT molecular complexity index is 446. The highest BCUT2D eigenvalue weighted by molar-refractivity contribution is 6.18. The van der Waals surface area contributed by atoms with Crippen molar-refractivity contribution in [2.45, 2.75) is 35.9 Å². The van der Waals surface area contributed by atoms with E-state index in [0.717, 1.165) is 5.43 Å². The fraction of sp³-hybridized carbons (Fsp3) is 0.889. The molecule has 148 valence electrons. The third-order valence-electron chi connectivity index (χ3n) is 3.13. The molecule has 0 aromatic heterocycles. The third-order valence-corrected chi connectivity index (χ3v) is 3.32. The average Bonchev–Trinajstić information content (AvgIpc) is 2.70. The van der Waals surface area contributed by atoms with E-state index in [0.29, 0.717) is 0 Å². The van der Waals surface area contributed by atoms with Crippen LogP contribution in [0.15, 0.2) is 4.99 Å². The Morgan fingerprint density at radius 3 is 1.48 bits per heavy atom. The molecule has 16 heteroatoms. The fourth-order valence-corrected chi connectivity index (χ4v) is 2.16. The summed E-state index contributed by atoms with van der Waals surface area (Å²) < 4.78 is 156. The van der Waals surface area contributed by atoms with Gasteiger partial charge in [0.2, 0.25) is 0 Å². The Morgan fingerprint density at radius 2 is 1.20 bits per heavy atom. The van der Waals surface area contributed by atoms with E-state index in [4.69, 9.17) is 11.6 Å². The van der Waals surface area contributed by atoms with Gasteiger partial charge in [-0.1, -0.05) is 0 Å². The van der Waals surface area contributed by atoms with Crippen molar-refractivity contribution in [1.29, 1.82) is 0 Å². The lowest BCUT2D eigenvalue weighted by atomic mass is 9.97. The molecule has 1 heterocycles. The van der Waals surface area contributed by atoms with Gasteiger partial charge in [0.15, 0.2) is 0 Å². The molecule has 0 amide bonds. The van der Waals surface area contributed by atoms with Gasteiger partial charge in [-0.3, -0.25) is 4.99 Å². The van der Waals surface area contributed by atoms with Crippen molar-refractivity contribution in [3.63, 3.8) is 0 Å². The Morgan fingerprint density at radius 1 is 0.800 bits per heavy atom. The van der Waals surface area contributed by atoms with E-state index in [1.54, 1.807) is 4.99 Å². The number of alkyl halides is 13. The number of nitrogens with zero attached hydrogens (tertiary/aromatic N) is 2.